The third-order valence-corrected chi connectivity index (χ3v) is 4.16. The summed E-state index contributed by atoms with van der Waals surface area (Å²) in [5.41, 5.74) is 11.7. The number of nitrogens with two attached hydrogens (primary N) is 2. The Hall–Kier alpha value is 0.500. The fourth-order valence-corrected chi connectivity index (χ4v) is 2.82. The summed E-state index contributed by atoms with van der Waals surface area (Å²) in [4.78, 5) is 0. The minimum atomic E-state index is 0. The van der Waals surface area contributed by atoms with Crippen molar-refractivity contribution in [3.05, 3.63) is 25.3 Å². The highest BCUT2D eigenvalue weighted by Crippen LogP contribution is 2.11. The molecule has 6 N–H and O–H groups in total. The van der Waals surface area contributed by atoms with Crippen LogP contribution < -0.4 is 22.1 Å². The zero-order valence-corrected chi connectivity index (χ0v) is 14.7. The summed E-state index contributed by atoms with van der Waals surface area (Å²) >= 11 is 3.48. The molecule has 0 heterocycles. The van der Waals surface area contributed by atoms with Gasteiger partial charge in [0.25, 0.3) is 0 Å². The maximum Gasteiger partial charge on any atom is 0.103 e. The molecular formula is C12H27BrN4S2. The number of halogens is 1. The van der Waals surface area contributed by atoms with Crippen molar-refractivity contribution >= 4 is 40.5 Å². The normalized spacial score (nSPS) is 13.4. The Morgan fingerprint density at radius 2 is 1.26 bits per heavy atom. The molecule has 0 aromatic carbocycles. The lowest BCUT2D eigenvalue weighted by atomic mass is 10.4. The quantitative estimate of drug-likeness (QED) is 0.225. The van der Waals surface area contributed by atoms with E-state index in [-0.39, 0.29) is 28.0 Å². The summed E-state index contributed by atoms with van der Waals surface area (Å²) in [5.74, 6) is 2.14. The lowest BCUT2D eigenvalue weighted by Crippen LogP contribution is -2.34. The van der Waals surface area contributed by atoms with Gasteiger partial charge in [0.1, 0.15) is 11.0 Å². The van der Waals surface area contributed by atoms with Gasteiger partial charge in [0.15, 0.2) is 0 Å². The maximum atomic E-state index is 5.84. The Labute approximate surface area is 136 Å². The van der Waals surface area contributed by atoms with E-state index in [0.29, 0.717) is 0 Å². The summed E-state index contributed by atoms with van der Waals surface area (Å²) in [6.45, 7) is 8.79. The molecule has 2 unspecified atom stereocenters. The van der Waals surface area contributed by atoms with Crippen LogP contribution in [0, 0.1) is 0 Å². The Kier molecular flexibility index (Phi) is 19.0. The zero-order chi connectivity index (χ0) is 13.6. The average molecular weight is 371 g/mol. The molecule has 0 aromatic heterocycles. The van der Waals surface area contributed by atoms with Crippen molar-refractivity contribution in [2.24, 2.45) is 11.5 Å². The van der Waals surface area contributed by atoms with E-state index in [4.69, 9.17) is 11.5 Å². The summed E-state index contributed by atoms with van der Waals surface area (Å²) in [6.07, 6.45) is 5.95. The molecule has 7 heteroatoms. The zero-order valence-electron chi connectivity index (χ0n) is 11.3. The van der Waals surface area contributed by atoms with Crippen molar-refractivity contribution in [1.82, 2.24) is 10.6 Å². The second-order valence-electron chi connectivity index (χ2n) is 3.68. The Balaban J connectivity index is 0. The van der Waals surface area contributed by atoms with Crippen molar-refractivity contribution in [3.63, 3.8) is 0 Å². The number of nitrogens with one attached hydrogen (secondary N) is 2. The summed E-state index contributed by atoms with van der Waals surface area (Å²) in [6, 6.07) is 0. The number of unbranched alkanes of at least 4 members (excludes halogenated alkanes) is 1. The van der Waals surface area contributed by atoms with Crippen LogP contribution in [-0.4, -0.2) is 35.6 Å². The van der Waals surface area contributed by atoms with Gasteiger partial charge in [-0.25, -0.2) is 0 Å². The van der Waals surface area contributed by atoms with Crippen LogP contribution in [0.5, 0.6) is 0 Å². The molecule has 0 aliphatic carbocycles. The highest BCUT2D eigenvalue weighted by molar-refractivity contribution is 8.93. The molecule has 114 valence electrons. The molecule has 0 aromatic rings. The SMILES string of the molecule is Br.C=CCNC(N)SCCCCSC(N)NCC=C. The van der Waals surface area contributed by atoms with E-state index < -0.39 is 0 Å². The Morgan fingerprint density at radius 3 is 1.58 bits per heavy atom. The smallest absolute Gasteiger partial charge is 0.103 e. The Morgan fingerprint density at radius 1 is 0.895 bits per heavy atom. The molecule has 4 nitrogen and oxygen atoms in total. The van der Waals surface area contributed by atoms with E-state index in [0.717, 1.165) is 37.4 Å². The van der Waals surface area contributed by atoms with Crippen LogP contribution in [-0.2, 0) is 0 Å². The second kappa shape index (κ2) is 16.6. The molecule has 19 heavy (non-hydrogen) atoms. The molecule has 0 fully saturated rings. The van der Waals surface area contributed by atoms with E-state index in [1.54, 1.807) is 23.5 Å². The van der Waals surface area contributed by atoms with Crippen LogP contribution in [0.15, 0.2) is 25.3 Å². The van der Waals surface area contributed by atoms with Crippen LogP contribution in [0.2, 0.25) is 0 Å². The molecular weight excluding hydrogens is 344 g/mol. The summed E-state index contributed by atoms with van der Waals surface area (Å²) in [7, 11) is 0. The van der Waals surface area contributed by atoms with Crippen molar-refractivity contribution in [1.29, 1.82) is 0 Å². The average Bonchev–Trinajstić information content (AvgIpc) is 2.37. The van der Waals surface area contributed by atoms with Gasteiger partial charge in [0.05, 0.1) is 0 Å². The van der Waals surface area contributed by atoms with Gasteiger partial charge in [-0.05, 0) is 24.3 Å². The molecule has 0 spiro atoms. The third kappa shape index (κ3) is 16.4. The fraction of sp³-hybridized carbons (Fsp3) is 0.667. The molecule has 0 amide bonds. The standard InChI is InChI=1S/C12H26N4S2.BrH/c1-3-7-15-11(13)17-9-5-6-10-18-12(14)16-8-4-2;/h3-4,11-12,15-16H,1-2,5-10,13-14H2;1H. The number of hydrogen-bond donors (Lipinski definition) is 4. The van der Waals surface area contributed by atoms with Gasteiger partial charge in [-0.1, -0.05) is 12.2 Å². The first-order valence-electron chi connectivity index (χ1n) is 6.13. The largest absolute Gasteiger partial charge is 0.307 e. The van der Waals surface area contributed by atoms with Crippen molar-refractivity contribution in [2.45, 2.75) is 23.8 Å². The second-order valence-corrected chi connectivity index (χ2v) is 6.18. The molecule has 0 saturated heterocycles. The first-order chi connectivity index (χ1) is 8.70. The van der Waals surface area contributed by atoms with Gasteiger partial charge in [-0.15, -0.1) is 53.7 Å². The molecule has 0 bridgehead atoms. The molecule has 0 aliphatic heterocycles. The van der Waals surface area contributed by atoms with E-state index in [1.165, 1.54) is 0 Å². The number of rotatable bonds is 13. The number of hydrogen-bond acceptors (Lipinski definition) is 6. The van der Waals surface area contributed by atoms with Gasteiger partial charge < -0.3 is 11.5 Å². The van der Waals surface area contributed by atoms with Crippen LogP contribution in [0.1, 0.15) is 12.8 Å². The molecule has 0 radical (unpaired) electrons. The predicted octanol–water partition coefficient (Wildman–Crippen LogP) is 1.85. The van der Waals surface area contributed by atoms with Crippen LogP contribution >= 0.6 is 40.5 Å². The van der Waals surface area contributed by atoms with Gasteiger partial charge in [0, 0.05) is 13.1 Å². The summed E-state index contributed by atoms with van der Waals surface area (Å²) < 4.78 is 0. The maximum absolute atomic E-state index is 5.84. The molecule has 0 aliphatic rings. The van der Waals surface area contributed by atoms with Crippen LogP contribution in [0.4, 0.5) is 0 Å². The third-order valence-electron chi connectivity index (χ3n) is 2.06. The minimum absolute atomic E-state index is 0. The lowest BCUT2D eigenvalue weighted by Gasteiger charge is -2.13. The van der Waals surface area contributed by atoms with Crippen molar-refractivity contribution < 1.29 is 0 Å². The number of thioether (sulfide) groups is 2. The van der Waals surface area contributed by atoms with Gasteiger partial charge in [-0.3, -0.25) is 10.6 Å². The van der Waals surface area contributed by atoms with E-state index >= 15 is 0 Å². The molecule has 0 rings (SSSR count). The first kappa shape index (κ1) is 21.8. The lowest BCUT2D eigenvalue weighted by molar-refractivity contribution is 0.721. The fourth-order valence-electron chi connectivity index (χ4n) is 1.14. The highest BCUT2D eigenvalue weighted by Gasteiger charge is 2.02. The topological polar surface area (TPSA) is 76.1 Å². The molecule has 0 saturated carbocycles. The van der Waals surface area contributed by atoms with Crippen LogP contribution in [0.25, 0.3) is 0 Å². The van der Waals surface area contributed by atoms with E-state index in [1.807, 2.05) is 12.2 Å². The van der Waals surface area contributed by atoms with Crippen LogP contribution in [0.3, 0.4) is 0 Å². The molecule has 2 atom stereocenters. The Bertz CT molecular complexity index is 198. The first-order valence-corrected chi connectivity index (χ1v) is 8.23. The predicted molar refractivity (Wildman–Crippen MR) is 96.8 cm³/mol. The van der Waals surface area contributed by atoms with Gasteiger partial charge >= 0.3 is 0 Å². The van der Waals surface area contributed by atoms with Gasteiger partial charge in [0.2, 0.25) is 0 Å². The summed E-state index contributed by atoms with van der Waals surface area (Å²) in [5, 5.41) is 6.29. The van der Waals surface area contributed by atoms with Crippen molar-refractivity contribution in [3.8, 4) is 0 Å². The minimum Gasteiger partial charge on any atom is -0.307 e. The van der Waals surface area contributed by atoms with E-state index in [9.17, 15) is 0 Å². The monoisotopic (exact) mass is 370 g/mol. The highest BCUT2D eigenvalue weighted by atomic mass is 79.9. The van der Waals surface area contributed by atoms with Gasteiger partial charge in [-0.2, -0.15) is 0 Å². The van der Waals surface area contributed by atoms with Crippen molar-refractivity contribution in [2.75, 3.05) is 24.6 Å². The van der Waals surface area contributed by atoms with E-state index in [2.05, 4.69) is 23.8 Å².